The number of halogens is 6. The SMILES string of the molecule is CC1(C)[C@H](/C=C(\F)C(F)(F)F)[C@@H]1Cc1ccc(F)cc1Cl. The molecule has 2 rings (SSSR count). The fourth-order valence-corrected chi connectivity index (χ4v) is 2.93. The van der Waals surface area contributed by atoms with Gasteiger partial charge in [0, 0.05) is 5.02 Å². The topological polar surface area (TPSA) is 0 Å². The van der Waals surface area contributed by atoms with Crippen LogP contribution in [-0.2, 0) is 6.42 Å². The van der Waals surface area contributed by atoms with Gasteiger partial charge >= 0.3 is 6.18 Å². The first kappa shape index (κ1) is 16.3. The van der Waals surface area contributed by atoms with E-state index in [2.05, 4.69) is 0 Å². The highest BCUT2D eigenvalue weighted by Gasteiger charge is 2.57. The molecule has 0 spiro atoms. The molecule has 2 atom stereocenters. The lowest BCUT2D eigenvalue weighted by atomic mass is 10.0. The van der Waals surface area contributed by atoms with Gasteiger partial charge in [0.1, 0.15) is 5.82 Å². The van der Waals surface area contributed by atoms with Gasteiger partial charge in [-0.25, -0.2) is 8.78 Å². The molecule has 116 valence electrons. The first-order valence-corrected chi connectivity index (χ1v) is 6.79. The minimum Gasteiger partial charge on any atom is -0.207 e. The Hall–Kier alpha value is -1.10. The maximum atomic E-state index is 13.0. The molecule has 6 heteroatoms. The zero-order chi connectivity index (χ0) is 16.0. The van der Waals surface area contributed by atoms with E-state index in [4.69, 9.17) is 11.6 Å². The molecule has 0 unspecified atom stereocenters. The van der Waals surface area contributed by atoms with E-state index in [0.717, 1.165) is 6.07 Å². The maximum absolute atomic E-state index is 13.0. The molecule has 0 aliphatic heterocycles. The third kappa shape index (κ3) is 3.39. The Morgan fingerprint density at radius 3 is 2.48 bits per heavy atom. The van der Waals surface area contributed by atoms with E-state index < -0.39 is 29.2 Å². The fraction of sp³-hybridized carbons (Fsp3) is 0.467. The zero-order valence-electron chi connectivity index (χ0n) is 11.4. The molecule has 0 amide bonds. The summed E-state index contributed by atoms with van der Waals surface area (Å²) in [6.45, 7) is 3.56. The van der Waals surface area contributed by atoms with Gasteiger partial charge < -0.3 is 0 Å². The van der Waals surface area contributed by atoms with E-state index in [0.29, 0.717) is 18.1 Å². The standard InChI is InChI=1S/C15H14ClF5/c1-14(2)10(11(14)7-13(18)15(19,20)21)5-8-3-4-9(17)6-12(8)16/h3-4,6-7,10-11H,5H2,1-2H3/b13-7-/t10-,11+/m0/s1. The van der Waals surface area contributed by atoms with Crippen molar-refractivity contribution in [1.82, 2.24) is 0 Å². The van der Waals surface area contributed by atoms with Gasteiger partial charge in [0.15, 0.2) is 5.83 Å². The number of allylic oxidation sites excluding steroid dienone is 2. The molecular weight excluding hydrogens is 311 g/mol. The molecule has 0 saturated heterocycles. The van der Waals surface area contributed by atoms with Crippen LogP contribution in [-0.4, -0.2) is 6.18 Å². The summed E-state index contributed by atoms with van der Waals surface area (Å²) >= 11 is 5.91. The quantitative estimate of drug-likeness (QED) is 0.625. The van der Waals surface area contributed by atoms with Gasteiger partial charge in [-0.15, -0.1) is 0 Å². The minimum atomic E-state index is -4.95. The van der Waals surface area contributed by atoms with Crippen LogP contribution >= 0.6 is 11.6 Å². The van der Waals surface area contributed by atoms with Crippen molar-refractivity contribution in [2.24, 2.45) is 17.3 Å². The summed E-state index contributed by atoms with van der Waals surface area (Å²) in [5, 5.41) is 0.233. The van der Waals surface area contributed by atoms with E-state index in [1.807, 2.05) is 0 Å². The Morgan fingerprint density at radius 2 is 1.95 bits per heavy atom. The van der Waals surface area contributed by atoms with Crippen LogP contribution in [0.15, 0.2) is 30.1 Å². The fourth-order valence-electron chi connectivity index (χ4n) is 2.68. The molecule has 1 aromatic rings. The molecular formula is C15H14ClF5. The predicted octanol–water partition coefficient (Wildman–Crippen LogP) is 5.71. The van der Waals surface area contributed by atoms with Crippen molar-refractivity contribution in [3.63, 3.8) is 0 Å². The van der Waals surface area contributed by atoms with Crippen molar-refractivity contribution < 1.29 is 22.0 Å². The number of hydrogen-bond acceptors (Lipinski definition) is 0. The number of hydrogen-bond donors (Lipinski definition) is 0. The third-order valence-corrected chi connectivity index (χ3v) is 4.54. The highest BCUT2D eigenvalue weighted by atomic mass is 35.5. The average molecular weight is 325 g/mol. The summed E-state index contributed by atoms with van der Waals surface area (Å²) in [5.41, 5.74) is 0.208. The number of rotatable bonds is 3. The monoisotopic (exact) mass is 324 g/mol. The van der Waals surface area contributed by atoms with Crippen molar-refractivity contribution in [3.05, 3.63) is 46.5 Å². The van der Waals surface area contributed by atoms with Gasteiger partial charge in [0.2, 0.25) is 0 Å². The first-order valence-electron chi connectivity index (χ1n) is 6.42. The second-order valence-electron chi connectivity index (χ2n) is 5.91. The predicted molar refractivity (Wildman–Crippen MR) is 71.1 cm³/mol. The lowest BCUT2D eigenvalue weighted by Crippen LogP contribution is -2.08. The van der Waals surface area contributed by atoms with Crippen molar-refractivity contribution in [3.8, 4) is 0 Å². The Balaban J connectivity index is 2.15. The summed E-state index contributed by atoms with van der Waals surface area (Å²) < 4.78 is 62.7. The van der Waals surface area contributed by atoms with E-state index in [1.165, 1.54) is 12.1 Å². The Kier molecular flexibility index (Phi) is 4.08. The van der Waals surface area contributed by atoms with Crippen LogP contribution in [0.5, 0.6) is 0 Å². The minimum absolute atomic E-state index is 0.159. The highest BCUT2D eigenvalue weighted by Crippen LogP contribution is 2.61. The normalized spacial score (nSPS) is 25.0. The Labute approximate surface area is 124 Å². The maximum Gasteiger partial charge on any atom is 0.442 e. The van der Waals surface area contributed by atoms with Gasteiger partial charge in [-0.3, -0.25) is 0 Å². The summed E-state index contributed by atoms with van der Waals surface area (Å²) in [6, 6.07) is 3.91. The van der Waals surface area contributed by atoms with E-state index >= 15 is 0 Å². The van der Waals surface area contributed by atoms with Crippen LogP contribution in [0.4, 0.5) is 22.0 Å². The molecule has 1 aliphatic rings. The third-order valence-electron chi connectivity index (χ3n) is 4.19. The van der Waals surface area contributed by atoms with Crippen LogP contribution in [0.2, 0.25) is 5.02 Å². The molecule has 1 fully saturated rings. The number of alkyl halides is 3. The van der Waals surface area contributed by atoms with Gasteiger partial charge in [-0.1, -0.05) is 31.5 Å². The molecule has 0 heterocycles. The molecule has 1 aliphatic carbocycles. The van der Waals surface area contributed by atoms with Crippen molar-refractivity contribution in [2.45, 2.75) is 26.4 Å². The van der Waals surface area contributed by atoms with E-state index in [9.17, 15) is 22.0 Å². The summed E-state index contributed by atoms with van der Waals surface area (Å²) in [5.74, 6) is -3.21. The van der Waals surface area contributed by atoms with E-state index in [1.54, 1.807) is 13.8 Å². The van der Waals surface area contributed by atoms with Gasteiger partial charge in [-0.2, -0.15) is 13.2 Å². The molecule has 0 radical (unpaired) electrons. The summed E-state index contributed by atoms with van der Waals surface area (Å²) in [4.78, 5) is 0. The van der Waals surface area contributed by atoms with Crippen LogP contribution < -0.4 is 0 Å². The second-order valence-corrected chi connectivity index (χ2v) is 6.31. The van der Waals surface area contributed by atoms with Crippen LogP contribution in [0.1, 0.15) is 19.4 Å². The second kappa shape index (κ2) is 5.27. The van der Waals surface area contributed by atoms with E-state index in [-0.39, 0.29) is 10.9 Å². The molecule has 21 heavy (non-hydrogen) atoms. The molecule has 1 aromatic carbocycles. The lowest BCUT2D eigenvalue weighted by molar-refractivity contribution is -0.109. The van der Waals surface area contributed by atoms with Gasteiger partial charge in [0.05, 0.1) is 0 Å². The van der Waals surface area contributed by atoms with Crippen LogP contribution in [0, 0.1) is 23.1 Å². The smallest absolute Gasteiger partial charge is 0.207 e. The Morgan fingerprint density at radius 1 is 1.33 bits per heavy atom. The Bertz CT molecular complexity index is 574. The molecule has 0 N–H and O–H groups in total. The zero-order valence-corrected chi connectivity index (χ0v) is 12.2. The largest absolute Gasteiger partial charge is 0.442 e. The molecule has 1 saturated carbocycles. The highest BCUT2D eigenvalue weighted by molar-refractivity contribution is 6.31. The average Bonchev–Trinajstić information content (AvgIpc) is 2.83. The van der Waals surface area contributed by atoms with Gasteiger partial charge in [0.25, 0.3) is 0 Å². The van der Waals surface area contributed by atoms with Crippen molar-refractivity contribution in [2.75, 3.05) is 0 Å². The first-order chi connectivity index (χ1) is 9.53. The molecule has 0 nitrogen and oxygen atoms in total. The molecule has 0 bridgehead atoms. The lowest BCUT2D eigenvalue weighted by Gasteiger charge is -2.05. The summed E-state index contributed by atoms with van der Waals surface area (Å²) in [7, 11) is 0. The summed E-state index contributed by atoms with van der Waals surface area (Å²) in [6.07, 6.45) is -3.92. The van der Waals surface area contributed by atoms with Crippen LogP contribution in [0.25, 0.3) is 0 Å². The van der Waals surface area contributed by atoms with Crippen LogP contribution in [0.3, 0.4) is 0 Å². The molecule has 0 aromatic heterocycles. The van der Waals surface area contributed by atoms with Crippen molar-refractivity contribution >= 4 is 11.6 Å². The number of benzene rings is 1. The van der Waals surface area contributed by atoms with Gasteiger partial charge in [-0.05, 0) is 47.4 Å². The van der Waals surface area contributed by atoms with Crippen molar-refractivity contribution in [1.29, 1.82) is 0 Å².